The maximum absolute atomic E-state index is 12.0. The third kappa shape index (κ3) is 5.44. The van der Waals surface area contributed by atoms with E-state index in [0.717, 1.165) is 11.1 Å². The highest BCUT2D eigenvalue weighted by Gasteiger charge is 2.05. The second-order valence-electron chi connectivity index (χ2n) is 5.95. The van der Waals surface area contributed by atoms with Crippen LogP contribution in [-0.4, -0.2) is 18.3 Å². The normalized spacial score (nSPS) is 10.7. The molecule has 0 saturated carbocycles. The third-order valence-electron chi connectivity index (χ3n) is 3.75. The van der Waals surface area contributed by atoms with Gasteiger partial charge in [0, 0.05) is 5.69 Å². The maximum atomic E-state index is 12.0. The smallest absolute Gasteiger partial charge is 0.262 e. The van der Waals surface area contributed by atoms with Crippen LogP contribution >= 0.6 is 0 Å². The number of aryl methyl sites for hydroxylation is 1. The van der Waals surface area contributed by atoms with Gasteiger partial charge in [-0.1, -0.05) is 30.3 Å². The number of anilines is 1. The summed E-state index contributed by atoms with van der Waals surface area (Å²) in [5.41, 5.74) is 2.56. The molecule has 0 unspecified atom stereocenters. The summed E-state index contributed by atoms with van der Waals surface area (Å²) < 4.78 is 10.5. The molecule has 1 amide bonds. The SMILES string of the molecule is Cc1cccc(OCC(=O)Nc2ccc(C=CC(=O)c3ccco3)cc2)c1. The number of allylic oxidation sites excluding steroid dienone is 1. The van der Waals surface area contributed by atoms with Crippen molar-refractivity contribution in [3.05, 3.63) is 89.9 Å². The summed E-state index contributed by atoms with van der Waals surface area (Å²) in [4.78, 5) is 23.8. The van der Waals surface area contributed by atoms with E-state index in [0.29, 0.717) is 17.2 Å². The van der Waals surface area contributed by atoms with Crippen LogP contribution in [0.2, 0.25) is 0 Å². The molecule has 5 heteroatoms. The monoisotopic (exact) mass is 361 g/mol. The van der Waals surface area contributed by atoms with Gasteiger partial charge in [-0.3, -0.25) is 9.59 Å². The van der Waals surface area contributed by atoms with Crippen molar-refractivity contribution in [3.8, 4) is 5.75 Å². The van der Waals surface area contributed by atoms with Crippen LogP contribution in [0.1, 0.15) is 21.7 Å². The van der Waals surface area contributed by atoms with Crippen LogP contribution in [0.4, 0.5) is 5.69 Å². The molecular weight excluding hydrogens is 342 g/mol. The van der Waals surface area contributed by atoms with E-state index in [-0.39, 0.29) is 18.3 Å². The lowest BCUT2D eigenvalue weighted by molar-refractivity contribution is -0.118. The van der Waals surface area contributed by atoms with Gasteiger partial charge in [-0.05, 0) is 60.5 Å². The number of ether oxygens (including phenoxy) is 1. The molecule has 1 heterocycles. The first-order chi connectivity index (χ1) is 13.1. The number of nitrogens with one attached hydrogen (secondary N) is 1. The average molecular weight is 361 g/mol. The van der Waals surface area contributed by atoms with Crippen LogP contribution in [0.15, 0.2) is 77.4 Å². The molecule has 1 N–H and O–H groups in total. The first-order valence-corrected chi connectivity index (χ1v) is 8.45. The Morgan fingerprint density at radius 2 is 1.89 bits per heavy atom. The molecule has 0 aliphatic heterocycles. The largest absolute Gasteiger partial charge is 0.484 e. The topological polar surface area (TPSA) is 68.5 Å². The molecule has 0 spiro atoms. The Morgan fingerprint density at radius 3 is 2.59 bits per heavy atom. The molecule has 0 fully saturated rings. The zero-order valence-electron chi connectivity index (χ0n) is 14.8. The van der Waals surface area contributed by atoms with E-state index in [1.54, 1.807) is 30.3 Å². The Hall–Kier alpha value is -3.60. The molecule has 2 aromatic carbocycles. The number of furan rings is 1. The fourth-order valence-corrected chi connectivity index (χ4v) is 2.40. The van der Waals surface area contributed by atoms with Crippen molar-refractivity contribution in [2.24, 2.45) is 0 Å². The molecule has 3 aromatic rings. The molecular formula is C22H19NO4. The van der Waals surface area contributed by atoms with Crippen LogP contribution in [0.5, 0.6) is 5.75 Å². The predicted molar refractivity (Wildman–Crippen MR) is 104 cm³/mol. The molecule has 0 bridgehead atoms. The van der Waals surface area contributed by atoms with Gasteiger partial charge in [0.2, 0.25) is 5.78 Å². The molecule has 136 valence electrons. The maximum Gasteiger partial charge on any atom is 0.262 e. The van der Waals surface area contributed by atoms with Crippen molar-refractivity contribution < 1.29 is 18.7 Å². The number of ketones is 1. The molecule has 0 radical (unpaired) electrons. The molecule has 1 aromatic heterocycles. The van der Waals surface area contributed by atoms with Gasteiger partial charge in [-0.15, -0.1) is 0 Å². The number of amides is 1. The van der Waals surface area contributed by atoms with Gasteiger partial charge in [0.05, 0.1) is 6.26 Å². The molecule has 27 heavy (non-hydrogen) atoms. The van der Waals surface area contributed by atoms with Crippen molar-refractivity contribution in [2.75, 3.05) is 11.9 Å². The number of rotatable bonds is 7. The fraction of sp³-hybridized carbons (Fsp3) is 0.0909. The second-order valence-corrected chi connectivity index (χ2v) is 5.95. The highest BCUT2D eigenvalue weighted by atomic mass is 16.5. The quantitative estimate of drug-likeness (QED) is 0.497. The lowest BCUT2D eigenvalue weighted by Gasteiger charge is -2.08. The highest BCUT2D eigenvalue weighted by molar-refractivity contribution is 6.04. The van der Waals surface area contributed by atoms with E-state index in [1.165, 1.54) is 12.3 Å². The van der Waals surface area contributed by atoms with Gasteiger partial charge < -0.3 is 14.5 Å². The van der Waals surface area contributed by atoms with Gasteiger partial charge in [0.15, 0.2) is 12.4 Å². The van der Waals surface area contributed by atoms with Crippen LogP contribution in [-0.2, 0) is 4.79 Å². The summed E-state index contributed by atoms with van der Waals surface area (Å²) >= 11 is 0. The molecule has 3 rings (SSSR count). The predicted octanol–water partition coefficient (Wildman–Crippen LogP) is 4.50. The molecule has 0 atom stereocenters. The summed E-state index contributed by atoms with van der Waals surface area (Å²) in [6, 6.07) is 18.0. The number of benzene rings is 2. The lowest BCUT2D eigenvalue weighted by atomic mass is 10.1. The summed E-state index contributed by atoms with van der Waals surface area (Å²) in [5.74, 6) is 0.508. The van der Waals surface area contributed by atoms with Crippen LogP contribution < -0.4 is 10.1 Å². The van der Waals surface area contributed by atoms with Gasteiger partial charge in [0.1, 0.15) is 5.75 Å². The molecule has 0 aliphatic rings. The highest BCUT2D eigenvalue weighted by Crippen LogP contribution is 2.14. The standard InChI is InChI=1S/C22H19NO4/c1-16-4-2-5-19(14-16)27-15-22(25)23-18-10-7-17(8-11-18)9-12-20(24)21-6-3-13-26-21/h2-14H,15H2,1H3,(H,23,25). The van der Waals surface area contributed by atoms with E-state index < -0.39 is 0 Å². The minimum atomic E-state index is -0.243. The first kappa shape index (κ1) is 18.2. The Balaban J connectivity index is 1.51. The van der Waals surface area contributed by atoms with E-state index in [2.05, 4.69) is 5.32 Å². The van der Waals surface area contributed by atoms with Crippen molar-refractivity contribution in [1.82, 2.24) is 0 Å². The number of carbonyl (C=O) groups excluding carboxylic acids is 2. The molecule has 0 saturated heterocycles. The Morgan fingerprint density at radius 1 is 1.07 bits per heavy atom. The van der Waals surface area contributed by atoms with E-state index in [1.807, 2.05) is 43.3 Å². The zero-order valence-corrected chi connectivity index (χ0v) is 14.8. The Labute approximate surface area is 157 Å². The Bertz CT molecular complexity index is 941. The number of carbonyl (C=O) groups is 2. The summed E-state index contributed by atoms with van der Waals surface area (Å²) in [7, 11) is 0. The third-order valence-corrected chi connectivity index (χ3v) is 3.75. The lowest BCUT2D eigenvalue weighted by Crippen LogP contribution is -2.20. The summed E-state index contributed by atoms with van der Waals surface area (Å²) in [6.07, 6.45) is 4.60. The van der Waals surface area contributed by atoms with Crippen LogP contribution in [0.3, 0.4) is 0 Å². The summed E-state index contributed by atoms with van der Waals surface area (Å²) in [6.45, 7) is 1.90. The number of hydrogen-bond donors (Lipinski definition) is 1. The minimum absolute atomic E-state index is 0.0667. The zero-order chi connectivity index (χ0) is 19.1. The van der Waals surface area contributed by atoms with Crippen LogP contribution in [0, 0.1) is 6.92 Å². The molecule has 0 aliphatic carbocycles. The van der Waals surface area contributed by atoms with Crippen molar-refractivity contribution in [3.63, 3.8) is 0 Å². The van der Waals surface area contributed by atoms with Crippen molar-refractivity contribution >= 4 is 23.5 Å². The van der Waals surface area contributed by atoms with Gasteiger partial charge in [-0.2, -0.15) is 0 Å². The Kier molecular flexibility index (Phi) is 5.84. The summed E-state index contributed by atoms with van der Waals surface area (Å²) in [5, 5.41) is 2.77. The van der Waals surface area contributed by atoms with Gasteiger partial charge in [-0.25, -0.2) is 0 Å². The van der Waals surface area contributed by atoms with E-state index >= 15 is 0 Å². The van der Waals surface area contributed by atoms with Crippen molar-refractivity contribution in [1.29, 1.82) is 0 Å². The first-order valence-electron chi connectivity index (χ1n) is 8.45. The van der Waals surface area contributed by atoms with E-state index in [9.17, 15) is 9.59 Å². The van der Waals surface area contributed by atoms with E-state index in [4.69, 9.17) is 9.15 Å². The second kappa shape index (κ2) is 8.67. The molecule has 5 nitrogen and oxygen atoms in total. The van der Waals surface area contributed by atoms with Gasteiger partial charge >= 0.3 is 0 Å². The fourth-order valence-electron chi connectivity index (χ4n) is 2.40. The number of hydrogen-bond acceptors (Lipinski definition) is 4. The average Bonchev–Trinajstić information content (AvgIpc) is 3.21. The minimum Gasteiger partial charge on any atom is -0.484 e. The van der Waals surface area contributed by atoms with Gasteiger partial charge in [0.25, 0.3) is 5.91 Å². The van der Waals surface area contributed by atoms with Crippen LogP contribution in [0.25, 0.3) is 6.08 Å². The van der Waals surface area contributed by atoms with Crippen molar-refractivity contribution in [2.45, 2.75) is 6.92 Å².